The molecule has 3 N–H and O–H groups in total. The molecule has 2 aromatic heterocycles. The van der Waals surface area contributed by atoms with Gasteiger partial charge in [0.15, 0.2) is 0 Å². The van der Waals surface area contributed by atoms with Gasteiger partial charge in [-0.15, -0.1) is 28.8 Å². The Morgan fingerprint density at radius 1 is 1.63 bits per heavy atom. The lowest BCUT2D eigenvalue weighted by atomic mass is 10.2. The Bertz CT molecular complexity index is 514. The van der Waals surface area contributed by atoms with Gasteiger partial charge in [-0.05, 0) is 34.3 Å². The number of hydrogen-bond donors (Lipinski definition) is 2. The summed E-state index contributed by atoms with van der Waals surface area (Å²) in [4.78, 5) is 12.6. The molecule has 2 heterocycles. The second-order valence-corrected chi connectivity index (χ2v) is 4.86. The van der Waals surface area contributed by atoms with Gasteiger partial charge in [-0.3, -0.25) is 4.79 Å². The van der Waals surface area contributed by atoms with Crippen molar-refractivity contribution in [3.63, 3.8) is 0 Å². The Kier molecular flexibility index (Phi) is 5.87. The Morgan fingerprint density at radius 3 is 3.05 bits per heavy atom. The van der Waals surface area contributed by atoms with E-state index in [9.17, 15) is 4.79 Å². The van der Waals surface area contributed by atoms with E-state index in [1.54, 1.807) is 0 Å². The van der Waals surface area contributed by atoms with Gasteiger partial charge in [-0.1, -0.05) is 6.92 Å². The fourth-order valence-corrected chi connectivity index (χ4v) is 2.15. The van der Waals surface area contributed by atoms with Crippen LogP contribution in [0.15, 0.2) is 17.8 Å². The highest BCUT2D eigenvalue weighted by Crippen LogP contribution is 2.19. The van der Waals surface area contributed by atoms with Crippen molar-refractivity contribution in [2.24, 2.45) is 11.7 Å². The highest BCUT2D eigenvalue weighted by atomic mass is 35.5. The molecular weight excluding hydrogens is 288 g/mol. The first-order valence-electron chi connectivity index (χ1n) is 5.51. The smallest absolute Gasteiger partial charge is 0.263 e. The Morgan fingerprint density at radius 2 is 2.42 bits per heavy atom. The minimum absolute atomic E-state index is 0. The molecule has 19 heavy (non-hydrogen) atoms. The van der Waals surface area contributed by atoms with Crippen molar-refractivity contribution in [3.8, 4) is 5.69 Å². The Labute approximate surface area is 120 Å². The fraction of sp³-hybridized carbons (Fsp3) is 0.400. The normalized spacial score (nSPS) is 11.7. The number of aromatic nitrogens is 4. The highest BCUT2D eigenvalue weighted by molar-refractivity contribution is 7.12. The molecule has 7 nitrogen and oxygen atoms in total. The third-order valence-corrected chi connectivity index (χ3v) is 3.36. The van der Waals surface area contributed by atoms with Crippen molar-refractivity contribution in [2.45, 2.75) is 6.92 Å². The van der Waals surface area contributed by atoms with Crippen molar-refractivity contribution in [1.82, 2.24) is 25.5 Å². The zero-order valence-electron chi connectivity index (χ0n) is 10.3. The SMILES string of the molecule is CC(CN)CNC(=O)c1sccc1-n1cnnn1.Cl. The van der Waals surface area contributed by atoms with Gasteiger partial charge in [0, 0.05) is 6.54 Å². The largest absolute Gasteiger partial charge is 0.351 e. The summed E-state index contributed by atoms with van der Waals surface area (Å²) in [6.45, 7) is 3.09. The molecule has 0 aromatic carbocycles. The number of carbonyl (C=O) groups is 1. The quantitative estimate of drug-likeness (QED) is 0.836. The summed E-state index contributed by atoms with van der Waals surface area (Å²) in [6, 6.07) is 1.81. The molecule has 0 aliphatic heterocycles. The first-order chi connectivity index (χ1) is 8.72. The molecule has 2 aromatic rings. The summed E-state index contributed by atoms with van der Waals surface area (Å²) in [7, 11) is 0. The minimum Gasteiger partial charge on any atom is -0.351 e. The molecule has 1 unspecified atom stereocenters. The molecule has 1 atom stereocenters. The molecule has 0 radical (unpaired) electrons. The summed E-state index contributed by atoms with van der Waals surface area (Å²) in [6.07, 6.45) is 1.46. The molecule has 0 aliphatic carbocycles. The number of nitrogens with zero attached hydrogens (tertiary/aromatic N) is 4. The number of thiophene rings is 1. The molecular formula is C10H15ClN6OS. The van der Waals surface area contributed by atoms with E-state index < -0.39 is 0 Å². The second-order valence-electron chi connectivity index (χ2n) is 3.94. The fourth-order valence-electron chi connectivity index (χ4n) is 1.36. The minimum atomic E-state index is -0.129. The van der Waals surface area contributed by atoms with Gasteiger partial charge < -0.3 is 11.1 Å². The van der Waals surface area contributed by atoms with E-state index in [0.717, 1.165) is 0 Å². The molecule has 0 saturated heterocycles. The van der Waals surface area contributed by atoms with Crippen molar-refractivity contribution in [3.05, 3.63) is 22.7 Å². The van der Waals surface area contributed by atoms with Gasteiger partial charge in [-0.25, -0.2) is 0 Å². The molecule has 0 saturated carbocycles. The van der Waals surface area contributed by atoms with Crippen LogP contribution < -0.4 is 11.1 Å². The number of halogens is 1. The predicted octanol–water partition coefficient (Wildman–Crippen LogP) is 0.470. The number of tetrazole rings is 1. The average Bonchev–Trinajstić information content (AvgIpc) is 3.04. The first kappa shape index (κ1) is 15.5. The van der Waals surface area contributed by atoms with Crippen LogP contribution in [0.5, 0.6) is 0 Å². The van der Waals surface area contributed by atoms with E-state index in [2.05, 4.69) is 20.8 Å². The lowest BCUT2D eigenvalue weighted by Crippen LogP contribution is -2.31. The third-order valence-electron chi connectivity index (χ3n) is 2.46. The lowest BCUT2D eigenvalue weighted by molar-refractivity contribution is 0.0952. The van der Waals surface area contributed by atoms with E-state index in [-0.39, 0.29) is 24.2 Å². The number of nitrogens with one attached hydrogen (secondary N) is 1. The Hall–Kier alpha value is -1.51. The van der Waals surface area contributed by atoms with Crippen molar-refractivity contribution >= 4 is 29.7 Å². The van der Waals surface area contributed by atoms with E-state index in [4.69, 9.17) is 5.73 Å². The van der Waals surface area contributed by atoms with Crippen LogP contribution in [0, 0.1) is 5.92 Å². The average molecular weight is 303 g/mol. The molecule has 9 heteroatoms. The van der Waals surface area contributed by atoms with Gasteiger partial charge in [0.05, 0.1) is 5.69 Å². The van der Waals surface area contributed by atoms with E-state index in [1.807, 2.05) is 18.4 Å². The first-order valence-corrected chi connectivity index (χ1v) is 6.39. The number of nitrogens with two attached hydrogens (primary N) is 1. The molecule has 0 fully saturated rings. The van der Waals surface area contributed by atoms with Gasteiger partial charge in [-0.2, -0.15) is 4.68 Å². The lowest BCUT2D eigenvalue weighted by Gasteiger charge is -2.09. The monoisotopic (exact) mass is 302 g/mol. The van der Waals surface area contributed by atoms with Crippen LogP contribution in [-0.2, 0) is 0 Å². The standard InChI is InChI=1S/C10H14N6OS.ClH/c1-7(4-11)5-12-10(17)9-8(2-3-18-9)16-6-13-14-15-16;/h2-3,6-7H,4-5,11H2,1H3,(H,12,17);1H. The summed E-state index contributed by atoms with van der Waals surface area (Å²) in [5.74, 6) is 0.126. The summed E-state index contributed by atoms with van der Waals surface area (Å²) >= 11 is 1.36. The zero-order valence-corrected chi connectivity index (χ0v) is 11.9. The van der Waals surface area contributed by atoms with Crippen LogP contribution in [-0.4, -0.2) is 39.2 Å². The Balaban J connectivity index is 0.00000180. The molecule has 1 amide bonds. The molecule has 0 aliphatic rings. The van der Waals surface area contributed by atoms with Gasteiger partial charge in [0.1, 0.15) is 11.2 Å². The van der Waals surface area contributed by atoms with E-state index in [0.29, 0.717) is 23.7 Å². The maximum Gasteiger partial charge on any atom is 0.263 e. The molecule has 2 rings (SSSR count). The highest BCUT2D eigenvalue weighted by Gasteiger charge is 2.15. The molecule has 104 valence electrons. The molecule has 0 bridgehead atoms. The maximum absolute atomic E-state index is 12.0. The van der Waals surface area contributed by atoms with Gasteiger partial charge in [0.2, 0.25) is 0 Å². The van der Waals surface area contributed by atoms with Crippen LogP contribution in [0.25, 0.3) is 5.69 Å². The van der Waals surface area contributed by atoms with Crippen LogP contribution in [0.1, 0.15) is 16.6 Å². The number of amides is 1. The number of rotatable bonds is 5. The van der Waals surface area contributed by atoms with Crippen LogP contribution in [0.2, 0.25) is 0 Å². The summed E-state index contributed by atoms with van der Waals surface area (Å²) in [5.41, 5.74) is 6.19. The van der Waals surface area contributed by atoms with Crippen LogP contribution in [0.3, 0.4) is 0 Å². The number of hydrogen-bond acceptors (Lipinski definition) is 6. The van der Waals surface area contributed by atoms with Crippen molar-refractivity contribution < 1.29 is 4.79 Å². The third kappa shape index (κ3) is 3.72. The summed E-state index contributed by atoms with van der Waals surface area (Å²) < 4.78 is 1.47. The predicted molar refractivity (Wildman–Crippen MR) is 74.8 cm³/mol. The zero-order chi connectivity index (χ0) is 13.0. The maximum atomic E-state index is 12.0. The van der Waals surface area contributed by atoms with Gasteiger partial charge >= 0.3 is 0 Å². The van der Waals surface area contributed by atoms with E-state index >= 15 is 0 Å². The topological polar surface area (TPSA) is 98.7 Å². The van der Waals surface area contributed by atoms with Crippen LogP contribution in [0.4, 0.5) is 0 Å². The van der Waals surface area contributed by atoms with Gasteiger partial charge in [0.25, 0.3) is 5.91 Å². The van der Waals surface area contributed by atoms with Crippen molar-refractivity contribution in [1.29, 1.82) is 0 Å². The van der Waals surface area contributed by atoms with E-state index in [1.165, 1.54) is 22.3 Å². The molecule has 0 spiro atoms. The van der Waals surface area contributed by atoms with Crippen molar-refractivity contribution in [2.75, 3.05) is 13.1 Å². The van der Waals surface area contributed by atoms with Crippen LogP contribution >= 0.6 is 23.7 Å². The number of carbonyl (C=O) groups excluding carboxylic acids is 1. The second kappa shape index (κ2) is 7.17. The summed E-state index contributed by atoms with van der Waals surface area (Å²) in [5, 5.41) is 15.6.